The number of anilines is 1. The smallest absolute Gasteiger partial charge is 0.0665 e. The van der Waals surface area contributed by atoms with E-state index in [2.05, 4.69) is 57.9 Å². The Morgan fingerprint density at radius 2 is 1.79 bits per heavy atom. The second kappa shape index (κ2) is 10.5. The summed E-state index contributed by atoms with van der Waals surface area (Å²) in [5.41, 5.74) is 11.8. The van der Waals surface area contributed by atoms with Gasteiger partial charge in [0.15, 0.2) is 0 Å². The van der Waals surface area contributed by atoms with Crippen LogP contribution < -0.4 is 4.90 Å². The summed E-state index contributed by atoms with van der Waals surface area (Å²) in [6.07, 6.45) is 13.9. The molecule has 0 unspecified atom stereocenters. The maximum atomic E-state index is 5.21. The lowest BCUT2D eigenvalue weighted by Gasteiger charge is -2.38. The first-order valence-corrected chi connectivity index (χ1v) is 13.5. The van der Waals surface area contributed by atoms with Gasteiger partial charge in [-0.2, -0.15) is 0 Å². The summed E-state index contributed by atoms with van der Waals surface area (Å²) in [6.45, 7) is 19.1. The van der Waals surface area contributed by atoms with E-state index in [9.17, 15) is 0 Å². The summed E-state index contributed by atoms with van der Waals surface area (Å²) in [5.74, 6) is 1.57. The number of aliphatic imine (C=N–C) groups is 1. The molecule has 0 amide bonds. The largest absolute Gasteiger partial charge is 0.341 e. The van der Waals surface area contributed by atoms with Crippen LogP contribution in [0.1, 0.15) is 103 Å². The zero-order valence-corrected chi connectivity index (χ0v) is 21.6. The number of hydrogen-bond donors (Lipinski definition) is 0. The van der Waals surface area contributed by atoms with Crippen molar-refractivity contribution in [2.24, 2.45) is 16.8 Å². The maximum absolute atomic E-state index is 5.21. The second-order valence-electron chi connectivity index (χ2n) is 10.6. The number of hydrogen-bond acceptors (Lipinski definition) is 2. The van der Waals surface area contributed by atoms with E-state index in [1.54, 1.807) is 5.57 Å². The summed E-state index contributed by atoms with van der Waals surface area (Å²) < 4.78 is 0. The van der Waals surface area contributed by atoms with Crippen molar-refractivity contribution in [2.75, 3.05) is 11.4 Å². The molecule has 33 heavy (non-hydrogen) atoms. The van der Waals surface area contributed by atoms with Crippen molar-refractivity contribution in [3.05, 3.63) is 53.3 Å². The van der Waals surface area contributed by atoms with Crippen LogP contribution in [-0.2, 0) is 0 Å². The van der Waals surface area contributed by atoms with Crippen molar-refractivity contribution in [2.45, 2.75) is 98.3 Å². The predicted octanol–water partition coefficient (Wildman–Crippen LogP) is 9.32. The first-order valence-electron chi connectivity index (χ1n) is 13.5. The topological polar surface area (TPSA) is 15.6 Å². The van der Waals surface area contributed by atoms with Gasteiger partial charge in [0.25, 0.3) is 0 Å². The first-order chi connectivity index (χ1) is 15.9. The molecular weight excluding hydrogens is 400 g/mol. The Balaban J connectivity index is 1.65. The molecule has 2 nitrogen and oxygen atoms in total. The summed E-state index contributed by atoms with van der Waals surface area (Å²) in [6, 6.07) is 4.67. The molecule has 3 aliphatic rings. The lowest BCUT2D eigenvalue weighted by Crippen LogP contribution is -2.31. The Kier molecular flexibility index (Phi) is 7.62. The van der Waals surface area contributed by atoms with Gasteiger partial charge in [-0.05, 0) is 119 Å². The number of rotatable bonds is 6. The van der Waals surface area contributed by atoms with Crippen LogP contribution in [0.15, 0.2) is 47.1 Å². The highest BCUT2D eigenvalue weighted by Gasteiger charge is 2.27. The van der Waals surface area contributed by atoms with Gasteiger partial charge in [-0.3, -0.25) is 4.99 Å². The van der Waals surface area contributed by atoms with Gasteiger partial charge in [0, 0.05) is 29.2 Å². The van der Waals surface area contributed by atoms with Crippen LogP contribution in [0.2, 0.25) is 0 Å². The molecule has 1 saturated carbocycles. The molecule has 0 spiro atoms. The Hall–Kier alpha value is -2.09. The summed E-state index contributed by atoms with van der Waals surface area (Å²) in [5, 5.41) is 0. The Morgan fingerprint density at radius 3 is 2.48 bits per heavy atom. The third kappa shape index (κ3) is 5.05. The molecule has 4 rings (SSSR count). The average molecular weight is 445 g/mol. The first kappa shape index (κ1) is 24.0. The van der Waals surface area contributed by atoms with Gasteiger partial charge in [-0.25, -0.2) is 0 Å². The van der Waals surface area contributed by atoms with Crippen LogP contribution >= 0.6 is 0 Å². The normalized spacial score (nSPS) is 24.2. The highest BCUT2D eigenvalue weighted by molar-refractivity contribution is 5.89. The second-order valence-corrected chi connectivity index (χ2v) is 10.6. The fraction of sp³-hybridized carbons (Fsp3) is 0.581. The van der Waals surface area contributed by atoms with Crippen LogP contribution in [0.5, 0.6) is 0 Å². The molecule has 1 fully saturated rings. The van der Waals surface area contributed by atoms with Gasteiger partial charge in [-0.1, -0.05) is 39.0 Å². The standard InChI is InChI=1S/C31H44N2/c1-7-21(3)29-20-30(32-23(5)26-15-13-25(8-2)14-16-26)22(4)19-31(29)33-18-17-27-11-9-10-12-28(27)24(33)6/h19-20,25-26H,3,6-18H2,1-2,4-5H3. The molecule has 1 aromatic rings. The zero-order chi connectivity index (χ0) is 23.5. The fourth-order valence-electron chi connectivity index (χ4n) is 6.17. The molecule has 0 N–H and O–H groups in total. The van der Waals surface area contributed by atoms with Crippen molar-refractivity contribution in [1.29, 1.82) is 0 Å². The van der Waals surface area contributed by atoms with E-state index in [1.807, 2.05) is 0 Å². The van der Waals surface area contributed by atoms with Crippen molar-refractivity contribution >= 4 is 22.7 Å². The van der Waals surface area contributed by atoms with Crippen LogP contribution in [0.25, 0.3) is 5.57 Å². The van der Waals surface area contributed by atoms with E-state index in [0.717, 1.165) is 24.6 Å². The Labute approximate surface area is 202 Å². The van der Waals surface area contributed by atoms with E-state index < -0.39 is 0 Å². The van der Waals surface area contributed by atoms with Crippen LogP contribution in [0, 0.1) is 18.8 Å². The number of nitrogens with zero attached hydrogens (tertiary/aromatic N) is 2. The third-order valence-corrected chi connectivity index (χ3v) is 8.62. The van der Waals surface area contributed by atoms with Gasteiger partial charge in [0.2, 0.25) is 0 Å². The van der Waals surface area contributed by atoms with Crippen molar-refractivity contribution in [3.63, 3.8) is 0 Å². The molecule has 0 aromatic heterocycles. The molecule has 1 heterocycles. The van der Waals surface area contributed by atoms with Crippen molar-refractivity contribution in [3.8, 4) is 0 Å². The van der Waals surface area contributed by atoms with Crippen LogP contribution in [-0.4, -0.2) is 12.3 Å². The summed E-state index contributed by atoms with van der Waals surface area (Å²) >= 11 is 0. The lowest BCUT2D eigenvalue weighted by molar-refractivity contribution is 0.314. The molecule has 2 heteroatoms. The number of allylic oxidation sites excluding steroid dienone is 2. The monoisotopic (exact) mass is 444 g/mol. The molecule has 0 atom stereocenters. The van der Waals surface area contributed by atoms with Crippen LogP contribution in [0.4, 0.5) is 11.4 Å². The molecule has 2 aliphatic carbocycles. The molecule has 1 aromatic carbocycles. The minimum Gasteiger partial charge on any atom is -0.341 e. The Bertz CT molecular complexity index is 969. The molecule has 0 saturated heterocycles. The summed E-state index contributed by atoms with van der Waals surface area (Å²) in [4.78, 5) is 7.68. The van der Waals surface area contributed by atoms with Gasteiger partial charge < -0.3 is 4.90 Å². The zero-order valence-electron chi connectivity index (χ0n) is 21.6. The Morgan fingerprint density at radius 1 is 1.06 bits per heavy atom. The summed E-state index contributed by atoms with van der Waals surface area (Å²) in [7, 11) is 0. The van der Waals surface area contributed by atoms with Gasteiger partial charge in [0.05, 0.1) is 5.69 Å². The predicted molar refractivity (Wildman–Crippen MR) is 146 cm³/mol. The van der Waals surface area contributed by atoms with E-state index in [0.29, 0.717) is 5.92 Å². The highest BCUT2D eigenvalue weighted by atomic mass is 15.1. The van der Waals surface area contributed by atoms with Crippen molar-refractivity contribution < 1.29 is 0 Å². The molecular formula is C31H44N2. The third-order valence-electron chi connectivity index (χ3n) is 8.62. The van der Waals surface area contributed by atoms with Gasteiger partial charge in [0.1, 0.15) is 0 Å². The fourth-order valence-corrected chi connectivity index (χ4v) is 6.17. The highest BCUT2D eigenvalue weighted by Crippen LogP contribution is 2.43. The lowest BCUT2D eigenvalue weighted by atomic mass is 9.79. The maximum Gasteiger partial charge on any atom is 0.0665 e. The SMILES string of the molecule is C=C(CC)c1cc(N=C(C)C2CCC(CC)CC2)c(C)cc1N1CCC2=C(CCCC2)C1=C. The molecule has 0 radical (unpaired) electrons. The molecule has 178 valence electrons. The quantitative estimate of drug-likeness (QED) is 0.399. The van der Waals surface area contributed by atoms with Gasteiger partial charge in [-0.15, -0.1) is 0 Å². The molecule has 0 bridgehead atoms. The van der Waals surface area contributed by atoms with Crippen molar-refractivity contribution in [1.82, 2.24) is 0 Å². The van der Waals surface area contributed by atoms with Gasteiger partial charge >= 0.3 is 0 Å². The molecule has 1 aliphatic heterocycles. The van der Waals surface area contributed by atoms with E-state index in [1.165, 1.54) is 104 Å². The van der Waals surface area contributed by atoms with E-state index in [4.69, 9.17) is 4.99 Å². The van der Waals surface area contributed by atoms with Crippen LogP contribution in [0.3, 0.4) is 0 Å². The van der Waals surface area contributed by atoms with E-state index >= 15 is 0 Å². The minimum absolute atomic E-state index is 0.642. The van der Waals surface area contributed by atoms with E-state index in [-0.39, 0.29) is 0 Å². The number of aryl methyl sites for hydroxylation is 1. The average Bonchev–Trinajstić information content (AvgIpc) is 2.85. The minimum atomic E-state index is 0.642. The number of benzene rings is 1.